The second kappa shape index (κ2) is 29.2. The van der Waals surface area contributed by atoms with Crippen molar-refractivity contribution in [1.82, 2.24) is 0 Å². The van der Waals surface area contributed by atoms with Gasteiger partial charge in [-0.15, -0.1) is 0 Å². The molecular weight excluding hydrogens is 320 g/mol. The molecule has 0 atom stereocenters. The zero-order valence-corrected chi connectivity index (χ0v) is 19.3. The lowest BCUT2D eigenvalue weighted by Crippen LogP contribution is -2.09. The zero-order chi connectivity index (χ0) is 18.3. The molecule has 0 amide bonds. The van der Waals surface area contributed by atoms with Crippen molar-refractivity contribution in [3.05, 3.63) is 0 Å². The van der Waals surface area contributed by atoms with Crippen molar-refractivity contribution < 1.29 is 28.4 Å². The van der Waals surface area contributed by atoms with Gasteiger partial charge in [-0.3, -0.25) is 0 Å². The summed E-state index contributed by atoms with van der Waals surface area (Å²) in [6, 6.07) is 0. The molecule has 0 aromatic rings. The minimum Gasteiger partial charge on any atom is -0.427 e. The van der Waals surface area contributed by atoms with Gasteiger partial charge in [0.15, 0.2) is 19.5 Å². The van der Waals surface area contributed by atoms with Crippen molar-refractivity contribution in [3.8, 4) is 0 Å². The van der Waals surface area contributed by atoms with Gasteiger partial charge in [0.1, 0.15) is 0 Å². The smallest absolute Gasteiger partial charge is 0.166 e. The van der Waals surface area contributed by atoms with Crippen LogP contribution in [0, 0.1) is 0 Å². The van der Waals surface area contributed by atoms with Crippen LogP contribution in [0.3, 0.4) is 0 Å². The second-order valence-electron chi connectivity index (χ2n) is 4.92. The van der Waals surface area contributed by atoms with Crippen LogP contribution in [-0.2, 0) is 28.4 Å². The Labute approximate surface area is 142 Å². The highest BCUT2D eigenvalue weighted by Crippen LogP contribution is 2.18. The monoisotopic (exact) mass is 360 g/mol. The molecule has 0 aromatic heterocycles. The van der Waals surface area contributed by atoms with E-state index in [-0.39, 0.29) is 19.5 Å². The molecule has 0 spiro atoms. The van der Waals surface area contributed by atoms with Gasteiger partial charge in [0.2, 0.25) is 0 Å². The van der Waals surface area contributed by atoms with Gasteiger partial charge in [-0.25, -0.2) is 19.6 Å². The molecule has 0 aliphatic carbocycles. The van der Waals surface area contributed by atoms with E-state index in [1.807, 2.05) is 20.8 Å². The van der Waals surface area contributed by atoms with Gasteiger partial charge in [-0.1, -0.05) is 27.3 Å². The van der Waals surface area contributed by atoms with Gasteiger partial charge in [0.25, 0.3) is 0 Å². The van der Waals surface area contributed by atoms with Crippen LogP contribution >= 0.6 is 0 Å². The second-order valence-corrected chi connectivity index (χ2v) is 8.89. The molecule has 140 valence electrons. The summed E-state index contributed by atoms with van der Waals surface area (Å²) in [4.78, 5) is 17.0. The average Bonchev–Trinajstić information content (AvgIpc) is 2.46. The van der Waals surface area contributed by atoms with Crippen LogP contribution in [-0.4, -0.2) is 60.7 Å². The molecular formula is C14H40O6Si2. The third-order valence-electron chi connectivity index (χ3n) is 1.47. The van der Waals surface area contributed by atoms with Gasteiger partial charge in [0, 0.05) is 13.7 Å². The highest BCUT2D eigenvalue weighted by molar-refractivity contribution is 6.31. The predicted molar refractivity (Wildman–Crippen MR) is 98.6 cm³/mol. The molecule has 6 nitrogen and oxygen atoms in total. The lowest BCUT2D eigenvalue weighted by molar-refractivity contribution is -0.287. The molecule has 0 radical (unpaired) electrons. The molecule has 0 fully saturated rings. The fourth-order valence-electron chi connectivity index (χ4n) is 0.804. The van der Waals surface area contributed by atoms with Crippen LogP contribution in [0.2, 0.25) is 11.6 Å². The number of hydrogen-bond donors (Lipinski definition) is 0. The summed E-state index contributed by atoms with van der Waals surface area (Å²) in [7, 11) is 4.38. The molecule has 0 saturated carbocycles. The minimum atomic E-state index is -0.240. The van der Waals surface area contributed by atoms with Gasteiger partial charge in [0.05, 0.1) is 27.4 Å². The Morgan fingerprint density at radius 3 is 1.23 bits per heavy atom. The summed E-state index contributed by atoms with van der Waals surface area (Å²) in [5.41, 5.74) is 0. The Balaban J connectivity index is -0.000000100. The molecule has 22 heavy (non-hydrogen) atoms. The van der Waals surface area contributed by atoms with E-state index in [0.717, 1.165) is 6.61 Å². The maximum atomic E-state index is 5.05. The minimum absolute atomic E-state index is 0.0860. The quantitative estimate of drug-likeness (QED) is 0.300. The Morgan fingerprint density at radius 2 is 1.18 bits per heavy atom. The highest BCUT2D eigenvalue weighted by atomic mass is 28.2. The largest absolute Gasteiger partial charge is 0.427 e. The van der Waals surface area contributed by atoms with E-state index < -0.39 is 0 Å². The van der Waals surface area contributed by atoms with Gasteiger partial charge in [-0.2, -0.15) is 0 Å². The van der Waals surface area contributed by atoms with Crippen molar-refractivity contribution in [3.63, 3.8) is 0 Å². The summed E-state index contributed by atoms with van der Waals surface area (Å²) >= 11 is 0. The molecule has 0 heterocycles. The molecule has 0 N–H and O–H groups in total. The highest BCUT2D eigenvalue weighted by Gasteiger charge is 2.08. The summed E-state index contributed by atoms with van der Waals surface area (Å²) in [6.45, 7) is 16.7. The van der Waals surface area contributed by atoms with E-state index in [2.05, 4.69) is 46.9 Å². The first-order valence-corrected chi connectivity index (χ1v) is 11.0. The van der Waals surface area contributed by atoms with Crippen LogP contribution in [0.25, 0.3) is 0 Å². The standard InChI is InChI=1S/C5H14OSi.C4H10O2.C3H10OSi.C2H6O2/c1-5(2,3)7-6-4;1-3-5-6-4-2;1-3-4-5-2;1-3-4-2/h7H2,1-4H3;3-4H2,1-2H3;3,5H2,1-2H3;1-2H3. The van der Waals surface area contributed by atoms with Crippen molar-refractivity contribution in [2.24, 2.45) is 0 Å². The van der Waals surface area contributed by atoms with E-state index >= 15 is 0 Å². The molecule has 0 rings (SSSR count). The molecule has 0 aliphatic rings. The third kappa shape index (κ3) is 71.6. The third-order valence-corrected chi connectivity index (χ3v) is 3.44. The molecule has 0 unspecified atom stereocenters. The van der Waals surface area contributed by atoms with Crippen LogP contribution in [0.1, 0.15) is 41.5 Å². The first-order valence-electron chi connectivity index (χ1n) is 7.68. The SMILES string of the molecule is CCOOCC.CCO[SiH2]C.COOC.CO[SiH2]C(C)(C)C. The Bertz CT molecular complexity index is 149. The molecule has 0 bridgehead atoms. The van der Waals surface area contributed by atoms with Gasteiger partial charge < -0.3 is 8.85 Å². The topological polar surface area (TPSA) is 55.4 Å². The fraction of sp³-hybridized carbons (Fsp3) is 1.00. The summed E-state index contributed by atoms with van der Waals surface area (Å²) in [6.07, 6.45) is 0. The Kier molecular flexibility index (Phi) is 40.0. The lowest BCUT2D eigenvalue weighted by atomic mass is 10.3. The first-order chi connectivity index (χ1) is 10.3. The lowest BCUT2D eigenvalue weighted by Gasteiger charge is -2.14. The summed E-state index contributed by atoms with van der Waals surface area (Å²) in [5.74, 6) is 0. The maximum Gasteiger partial charge on any atom is 0.166 e. The van der Waals surface area contributed by atoms with E-state index in [9.17, 15) is 0 Å². The van der Waals surface area contributed by atoms with Gasteiger partial charge >= 0.3 is 0 Å². The van der Waals surface area contributed by atoms with Crippen molar-refractivity contribution in [1.29, 1.82) is 0 Å². The fourth-order valence-corrected chi connectivity index (χ4v) is 2.08. The maximum absolute atomic E-state index is 5.05. The van der Waals surface area contributed by atoms with Gasteiger partial charge in [-0.05, 0) is 25.8 Å². The van der Waals surface area contributed by atoms with Crippen LogP contribution in [0.5, 0.6) is 0 Å². The summed E-state index contributed by atoms with van der Waals surface area (Å²) < 4.78 is 10.0. The Hall–Kier alpha value is 0.194. The van der Waals surface area contributed by atoms with E-state index in [0.29, 0.717) is 18.3 Å². The molecule has 0 saturated heterocycles. The molecule has 8 heteroatoms. The van der Waals surface area contributed by atoms with Crippen molar-refractivity contribution in [2.45, 2.75) is 53.1 Å². The van der Waals surface area contributed by atoms with Crippen LogP contribution in [0.4, 0.5) is 0 Å². The molecule has 0 aliphatic heterocycles. The number of rotatable bonds is 7. The van der Waals surface area contributed by atoms with Crippen molar-refractivity contribution in [2.75, 3.05) is 41.2 Å². The van der Waals surface area contributed by atoms with Crippen LogP contribution < -0.4 is 0 Å². The first kappa shape index (κ1) is 30.1. The van der Waals surface area contributed by atoms with Crippen LogP contribution in [0.15, 0.2) is 0 Å². The van der Waals surface area contributed by atoms with Crippen molar-refractivity contribution >= 4 is 19.5 Å². The van der Waals surface area contributed by atoms with E-state index in [4.69, 9.17) is 8.85 Å². The number of hydrogen-bond acceptors (Lipinski definition) is 6. The van der Waals surface area contributed by atoms with E-state index in [1.54, 1.807) is 7.11 Å². The Morgan fingerprint density at radius 1 is 0.773 bits per heavy atom. The summed E-state index contributed by atoms with van der Waals surface area (Å²) in [5, 5.41) is 0.467. The predicted octanol–water partition coefficient (Wildman–Crippen LogP) is 2.26. The zero-order valence-electron chi connectivity index (χ0n) is 16.5. The average molecular weight is 361 g/mol. The molecule has 0 aromatic carbocycles. The normalized spacial score (nSPS) is 10.6. The van der Waals surface area contributed by atoms with E-state index in [1.165, 1.54) is 14.2 Å².